The molecule has 0 radical (unpaired) electrons. The van der Waals surface area contributed by atoms with Crippen LogP contribution >= 0.6 is 22.7 Å². The fourth-order valence-corrected chi connectivity index (χ4v) is 4.58. The lowest BCUT2D eigenvalue weighted by Crippen LogP contribution is -2.13. The van der Waals surface area contributed by atoms with E-state index >= 15 is 0 Å². The van der Waals surface area contributed by atoms with Gasteiger partial charge < -0.3 is 10.6 Å². The summed E-state index contributed by atoms with van der Waals surface area (Å²) in [5.41, 5.74) is 2.88. The van der Waals surface area contributed by atoms with Crippen LogP contribution in [0.15, 0.2) is 59.3 Å². The minimum Gasteiger partial charge on any atom is -0.302 e. The highest BCUT2D eigenvalue weighted by atomic mass is 32.1. The van der Waals surface area contributed by atoms with Crippen LogP contribution in [0, 0.1) is 11.6 Å². The molecule has 0 saturated carbocycles. The van der Waals surface area contributed by atoms with Crippen LogP contribution in [0.5, 0.6) is 0 Å². The van der Waals surface area contributed by atoms with Crippen LogP contribution in [0.3, 0.4) is 0 Å². The topological polar surface area (TPSA) is 84.0 Å². The van der Waals surface area contributed by atoms with E-state index in [0.29, 0.717) is 34.5 Å². The van der Waals surface area contributed by atoms with Crippen molar-refractivity contribution in [1.82, 2.24) is 9.97 Å². The lowest BCUT2D eigenvalue weighted by Gasteiger charge is -2.03. The molecule has 10 heteroatoms. The molecular weight excluding hydrogens is 478 g/mol. The first-order valence-corrected chi connectivity index (χ1v) is 12.2. The fraction of sp³-hybridized carbons (Fsp3) is 0.167. The summed E-state index contributed by atoms with van der Waals surface area (Å²) in [6.45, 7) is 0. The second-order valence-electron chi connectivity index (χ2n) is 7.39. The first-order valence-electron chi connectivity index (χ1n) is 10.5. The van der Waals surface area contributed by atoms with Gasteiger partial charge in [0.25, 0.3) is 0 Å². The summed E-state index contributed by atoms with van der Waals surface area (Å²) in [6, 6.07) is 12.0. The molecule has 2 amide bonds. The minimum absolute atomic E-state index is 0.177. The molecule has 2 N–H and O–H groups in total. The number of hydrogen-bond donors (Lipinski definition) is 2. The molecule has 0 atom stereocenters. The Morgan fingerprint density at radius 1 is 0.676 bits per heavy atom. The van der Waals surface area contributed by atoms with Gasteiger partial charge in [-0.05, 0) is 61.4 Å². The Morgan fingerprint density at radius 2 is 1.06 bits per heavy atom. The molecule has 0 bridgehead atoms. The van der Waals surface area contributed by atoms with Crippen molar-refractivity contribution in [3.63, 3.8) is 0 Å². The molecule has 0 saturated heterocycles. The molecule has 34 heavy (non-hydrogen) atoms. The third-order valence-electron chi connectivity index (χ3n) is 4.84. The number of carbonyl (C=O) groups is 2. The molecule has 0 fully saturated rings. The molecule has 2 aromatic carbocycles. The Kier molecular flexibility index (Phi) is 7.71. The van der Waals surface area contributed by atoms with Crippen LogP contribution in [-0.4, -0.2) is 21.8 Å². The van der Waals surface area contributed by atoms with E-state index in [9.17, 15) is 18.4 Å². The van der Waals surface area contributed by atoms with Gasteiger partial charge in [-0.3, -0.25) is 9.59 Å². The van der Waals surface area contributed by atoms with Crippen LogP contribution in [0.4, 0.5) is 19.0 Å². The highest BCUT2D eigenvalue weighted by Crippen LogP contribution is 2.26. The Hall–Kier alpha value is -3.50. The van der Waals surface area contributed by atoms with Crippen molar-refractivity contribution in [2.24, 2.45) is 0 Å². The summed E-state index contributed by atoms with van der Waals surface area (Å²) in [5.74, 6) is -0.987. The number of halogens is 2. The summed E-state index contributed by atoms with van der Waals surface area (Å²) in [4.78, 5) is 33.1. The smallest absolute Gasteiger partial charge is 0.226 e. The van der Waals surface area contributed by atoms with Gasteiger partial charge in [-0.1, -0.05) is 0 Å². The third-order valence-corrected chi connectivity index (χ3v) is 6.35. The van der Waals surface area contributed by atoms with Gasteiger partial charge in [0.2, 0.25) is 11.8 Å². The third kappa shape index (κ3) is 6.52. The number of rotatable bonds is 9. The lowest BCUT2D eigenvalue weighted by molar-refractivity contribution is -0.118. The van der Waals surface area contributed by atoms with E-state index in [-0.39, 0.29) is 36.3 Å². The maximum Gasteiger partial charge on any atom is 0.226 e. The molecule has 2 heterocycles. The van der Waals surface area contributed by atoms with Gasteiger partial charge in [-0.2, -0.15) is 0 Å². The molecule has 0 aliphatic carbocycles. The van der Waals surface area contributed by atoms with Gasteiger partial charge in [0.1, 0.15) is 11.6 Å². The quantitative estimate of drug-likeness (QED) is 0.263. The molecule has 2 aromatic heterocycles. The zero-order valence-corrected chi connectivity index (χ0v) is 19.5. The monoisotopic (exact) mass is 498 g/mol. The van der Waals surface area contributed by atoms with E-state index in [4.69, 9.17) is 0 Å². The van der Waals surface area contributed by atoms with Crippen molar-refractivity contribution in [2.45, 2.75) is 25.7 Å². The second-order valence-corrected chi connectivity index (χ2v) is 9.11. The average Bonchev–Trinajstić information content (AvgIpc) is 3.48. The Morgan fingerprint density at radius 3 is 1.44 bits per heavy atom. The summed E-state index contributed by atoms with van der Waals surface area (Å²) < 4.78 is 26.1. The molecule has 4 aromatic rings. The summed E-state index contributed by atoms with van der Waals surface area (Å²) in [5, 5.41) is 10.1. The number of aromatic nitrogens is 2. The Labute approximate surface area is 202 Å². The van der Waals surface area contributed by atoms with E-state index in [1.165, 1.54) is 46.9 Å². The number of nitrogens with one attached hydrogen (secondary N) is 2. The molecule has 0 aliphatic rings. The van der Waals surface area contributed by atoms with E-state index in [0.717, 1.165) is 11.1 Å². The minimum atomic E-state index is -0.317. The van der Waals surface area contributed by atoms with Crippen LogP contribution in [-0.2, 0) is 9.59 Å². The zero-order valence-electron chi connectivity index (χ0n) is 17.9. The molecule has 174 valence electrons. The van der Waals surface area contributed by atoms with Gasteiger partial charge in [-0.25, -0.2) is 18.7 Å². The molecule has 0 unspecified atom stereocenters. The second kappa shape index (κ2) is 11.1. The van der Waals surface area contributed by atoms with Crippen LogP contribution in [0.25, 0.3) is 22.5 Å². The van der Waals surface area contributed by atoms with Crippen LogP contribution < -0.4 is 10.6 Å². The first-order chi connectivity index (χ1) is 16.5. The summed E-state index contributed by atoms with van der Waals surface area (Å²) in [6.07, 6.45) is 1.64. The van der Waals surface area contributed by atoms with Crippen molar-refractivity contribution in [2.75, 3.05) is 10.6 Å². The molecular formula is C24H20F2N4O2S2. The lowest BCUT2D eigenvalue weighted by atomic mass is 10.2. The maximum atomic E-state index is 13.0. The van der Waals surface area contributed by atoms with Gasteiger partial charge in [0, 0.05) is 34.7 Å². The van der Waals surface area contributed by atoms with Crippen molar-refractivity contribution in [1.29, 1.82) is 0 Å². The standard InChI is InChI=1S/C24H20F2N4O2S2/c25-17-9-5-15(6-10-17)19-13-33-23(27-19)29-21(31)3-1-2-4-22(32)30-24-28-20(14-34-24)16-7-11-18(26)12-8-16/h5-14H,1-4H2,(H,27,29,31)(H,28,30,32). The number of benzene rings is 2. The fourth-order valence-electron chi connectivity index (χ4n) is 3.10. The molecule has 6 nitrogen and oxygen atoms in total. The highest BCUT2D eigenvalue weighted by molar-refractivity contribution is 7.14. The number of anilines is 2. The van der Waals surface area contributed by atoms with Crippen molar-refractivity contribution in [3.8, 4) is 22.5 Å². The number of unbranched alkanes of at least 4 members (excludes halogenated alkanes) is 1. The van der Waals surface area contributed by atoms with Gasteiger partial charge >= 0.3 is 0 Å². The van der Waals surface area contributed by atoms with E-state index in [1.807, 2.05) is 0 Å². The van der Waals surface area contributed by atoms with Gasteiger partial charge in [0.05, 0.1) is 11.4 Å². The summed E-state index contributed by atoms with van der Waals surface area (Å²) >= 11 is 2.60. The van der Waals surface area contributed by atoms with E-state index in [1.54, 1.807) is 35.0 Å². The largest absolute Gasteiger partial charge is 0.302 e. The molecule has 0 spiro atoms. The average molecular weight is 499 g/mol. The number of nitrogens with zero attached hydrogens (tertiary/aromatic N) is 2. The summed E-state index contributed by atoms with van der Waals surface area (Å²) in [7, 11) is 0. The number of hydrogen-bond acceptors (Lipinski definition) is 6. The van der Waals surface area contributed by atoms with Crippen LogP contribution in [0.2, 0.25) is 0 Å². The normalized spacial score (nSPS) is 10.8. The maximum absolute atomic E-state index is 13.0. The van der Waals surface area contributed by atoms with Crippen molar-refractivity contribution >= 4 is 44.8 Å². The number of amides is 2. The van der Waals surface area contributed by atoms with Crippen molar-refractivity contribution in [3.05, 3.63) is 70.9 Å². The van der Waals surface area contributed by atoms with E-state index < -0.39 is 0 Å². The molecule has 0 aliphatic heterocycles. The van der Waals surface area contributed by atoms with Crippen molar-refractivity contribution < 1.29 is 18.4 Å². The predicted molar refractivity (Wildman–Crippen MR) is 131 cm³/mol. The SMILES string of the molecule is O=C(CCCCC(=O)Nc1nc(-c2ccc(F)cc2)cs1)Nc1nc(-c2ccc(F)cc2)cs1. The van der Waals surface area contributed by atoms with Crippen LogP contribution in [0.1, 0.15) is 25.7 Å². The Balaban J connectivity index is 1.17. The van der Waals surface area contributed by atoms with Gasteiger partial charge in [0.15, 0.2) is 10.3 Å². The Bertz CT molecular complexity index is 1170. The van der Waals surface area contributed by atoms with Gasteiger partial charge in [-0.15, -0.1) is 22.7 Å². The predicted octanol–water partition coefficient (Wildman–Crippen LogP) is 6.35. The zero-order chi connectivity index (χ0) is 23.9. The molecule has 4 rings (SSSR count). The highest BCUT2D eigenvalue weighted by Gasteiger charge is 2.11. The number of carbonyl (C=O) groups excluding carboxylic acids is 2. The van der Waals surface area contributed by atoms with E-state index in [2.05, 4.69) is 20.6 Å². The number of thiazole rings is 2. The first kappa shape index (κ1) is 23.7.